The molecule has 2 nitrogen and oxygen atoms in total. The molecule has 0 saturated heterocycles. The highest BCUT2D eigenvalue weighted by Crippen LogP contribution is 2.47. The van der Waals surface area contributed by atoms with Crippen LogP contribution in [0.1, 0.15) is 0 Å². The van der Waals surface area contributed by atoms with Crippen LogP contribution in [0.15, 0.2) is 144 Å². The molecule has 0 aliphatic carbocycles. The summed E-state index contributed by atoms with van der Waals surface area (Å²) in [6.45, 7) is 0. The Balaban J connectivity index is 0.000000130. The molecule has 0 fully saturated rings. The van der Waals surface area contributed by atoms with Gasteiger partial charge in [-0.05, 0) is 58.7 Å². The third-order valence-electron chi connectivity index (χ3n) is 7.06. The van der Waals surface area contributed by atoms with Crippen molar-refractivity contribution in [3.8, 4) is 67.5 Å². The number of hydrogen-bond acceptors (Lipinski definition) is 2. The molecule has 0 spiro atoms. The minimum atomic E-state index is 0.894. The van der Waals surface area contributed by atoms with Crippen LogP contribution in [0.25, 0.3) is 44.5 Å². The van der Waals surface area contributed by atoms with Crippen molar-refractivity contribution in [2.45, 2.75) is 0 Å². The van der Waals surface area contributed by atoms with Gasteiger partial charge in [-0.2, -0.15) is 0 Å². The fourth-order valence-corrected chi connectivity index (χ4v) is 5.64. The maximum Gasteiger partial charge on any atom is 0.135 e. The summed E-state index contributed by atoms with van der Waals surface area (Å²) in [5.41, 5.74) is 9.41. The third-order valence-corrected chi connectivity index (χ3v) is 7.55. The highest BCUT2D eigenvalue weighted by Gasteiger charge is 2.20. The molecule has 3 heteroatoms. The molecule has 6 aromatic rings. The Bertz CT molecular complexity index is 1770. The minimum Gasteiger partial charge on any atom is -0.456 e. The molecule has 39 heavy (non-hydrogen) atoms. The van der Waals surface area contributed by atoms with Crippen molar-refractivity contribution < 1.29 is 9.47 Å². The van der Waals surface area contributed by atoms with Crippen molar-refractivity contribution in [3.63, 3.8) is 0 Å². The first-order valence-corrected chi connectivity index (χ1v) is 13.7. The van der Waals surface area contributed by atoms with Gasteiger partial charge in [-0.25, -0.2) is 0 Å². The Morgan fingerprint density at radius 2 is 0.615 bits per heavy atom. The second-order valence-corrected chi connectivity index (χ2v) is 10.3. The minimum absolute atomic E-state index is 0.894. The van der Waals surface area contributed by atoms with Crippen molar-refractivity contribution in [1.82, 2.24) is 0 Å². The molecule has 0 bridgehead atoms. The standard InChI is InChI=1S/C18H11BrO.C18H12O/c19-12-9-10-18-16(11-12)14-6-2-1-5-13(14)15-7-3-4-8-17(15)20-18;1-2-8-14-13(7-1)15-9-3-5-11-17(15)19-18-12-6-4-10-16(14)18/h1-11H;1-12H. The summed E-state index contributed by atoms with van der Waals surface area (Å²) in [6.07, 6.45) is 0. The summed E-state index contributed by atoms with van der Waals surface area (Å²) in [6, 6.07) is 47.6. The first-order chi connectivity index (χ1) is 19.3. The van der Waals surface area contributed by atoms with E-state index < -0.39 is 0 Å². The van der Waals surface area contributed by atoms with E-state index >= 15 is 0 Å². The molecule has 2 aliphatic heterocycles. The van der Waals surface area contributed by atoms with Crippen LogP contribution in [0, 0.1) is 0 Å². The van der Waals surface area contributed by atoms with E-state index in [0.29, 0.717) is 0 Å². The number of fused-ring (bicyclic) bond motifs is 10. The van der Waals surface area contributed by atoms with E-state index in [4.69, 9.17) is 9.47 Å². The lowest BCUT2D eigenvalue weighted by Gasteiger charge is -2.09. The number of ether oxygens (including phenoxy) is 2. The van der Waals surface area contributed by atoms with E-state index in [1.165, 1.54) is 22.3 Å². The summed E-state index contributed by atoms with van der Waals surface area (Å²) in [4.78, 5) is 0. The summed E-state index contributed by atoms with van der Waals surface area (Å²) in [7, 11) is 0. The number of halogens is 1. The van der Waals surface area contributed by atoms with Gasteiger partial charge in [0.25, 0.3) is 0 Å². The lowest BCUT2D eigenvalue weighted by Crippen LogP contribution is -1.85. The Morgan fingerprint density at radius 3 is 1.03 bits per heavy atom. The predicted molar refractivity (Wildman–Crippen MR) is 162 cm³/mol. The van der Waals surface area contributed by atoms with Gasteiger partial charge >= 0.3 is 0 Å². The van der Waals surface area contributed by atoms with Gasteiger partial charge in [-0.1, -0.05) is 119 Å². The average Bonchev–Trinajstić information content (AvgIpc) is 3.22. The molecule has 0 aromatic heterocycles. The Hall–Kier alpha value is -4.60. The monoisotopic (exact) mass is 566 g/mol. The van der Waals surface area contributed by atoms with E-state index in [1.54, 1.807) is 0 Å². The molecule has 8 rings (SSSR count). The molecular weight excluding hydrogens is 544 g/mol. The molecule has 0 unspecified atom stereocenters. The third kappa shape index (κ3) is 4.31. The lowest BCUT2D eigenvalue weighted by atomic mass is 9.95. The van der Waals surface area contributed by atoms with Crippen molar-refractivity contribution in [3.05, 3.63) is 144 Å². The van der Waals surface area contributed by atoms with Crippen LogP contribution >= 0.6 is 15.9 Å². The van der Waals surface area contributed by atoms with Gasteiger partial charge in [0.15, 0.2) is 0 Å². The normalized spacial score (nSPS) is 11.6. The maximum atomic E-state index is 6.12. The van der Waals surface area contributed by atoms with E-state index in [9.17, 15) is 0 Å². The Labute approximate surface area is 236 Å². The van der Waals surface area contributed by atoms with Gasteiger partial charge in [-0.3, -0.25) is 0 Å². The predicted octanol–water partition coefficient (Wildman–Crippen LogP) is 11.0. The first kappa shape index (κ1) is 23.5. The van der Waals surface area contributed by atoms with Gasteiger partial charge in [0, 0.05) is 26.7 Å². The highest BCUT2D eigenvalue weighted by atomic mass is 79.9. The number of benzene rings is 6. The van der Waals surface area contributed by atoms with Gasteiger partial charge in [0.05, 0.1) is 0 Å². The fourth-order valence-electron chi connectivity index (χ4n) is 5.28. The van der Waals surface area contributed by atoms with Crippen LogP contribution in [0.5, 0.6) is 23.0 Å². The molecule has 0 atom stereocenters. The Kier molecular flexibility index (Phi) is 5.99. The average molecular weight is 567 g/mol. The molecule has 6 aromatic carbocycles. The smallest absolute Gasteiger partial charge is 0.135 e. The second kappa shape index (κ2) is 9.94. The van der Waals surface area contributed by atoms with Gasteiger partial charge in [0.1, 0.15) is 23.0 Å². The molecule has 2 heterocycles. The highest BCUT2D eigenvalue weighted by molar-refractivity contribution is 9.10. The molecule has 0 N–H and O–H groups in total. The van der Waals surface area contributed by atoms with Crippen molar-refractivity contribution in [2.75, 3.05) is 0 Å². The SMILES string of the molecule is Brc1ccc2c(c1)-c1ccccc1-c1ccccc1O2.c1ccc2c(c1)Oc1ccccc1-c1ccccc1-2. The number of rotatable bonds is 0. The van der Waals surface area contributed by atoms with E-state index in [1.807, 2.05) is 54.6 Å². The summed E-state index contributed by atoms with van der Waals surface area (Å²) in [5, 5.41) is 0. The van der Waals surface area contributed by atoms with E-state index in [0.717, 1.165) is 49.7 Å². The molecule has 0 radical (unpaired) electrons. The number of para-hydroxylation sites is 3. The quantitative estimate of drug-likeness (QED) is 0.182. The molecule has 0 saturated carbocycles. The van der Waals surface area contributed by atoms with E-state index in [2.05, 4.69) is 101 Å². The van der Waals surface area contributed by atoms with Crippen LogP contribution in [0.2, 0.25) is 0 Å². The first-order valence-electron chi connectivity index (χ1n) is 12.9. The maximum absolute atomic E-state index is 6.12. The summed E-state index contributed by atoms with van der Waals surface area (Å²) in [5.74, 6) is 3.63. The van der Waals surface area contributed by atoms with Crippen molar-refractivity contribution in [1.29, 1.82) is 0 Å². The number of hydrogen-bond donors (Lipinski definition) is 0. The fraction of sp³-hybridized carbons (Fsp3) is 0. The Morgan fingerprint density at radius 1 is 0.308 bits per heavy atom. The second-order valence-electron chi connectivity index (χ2n) is 9.42. The van der Waals surface area contributed by atoms with Gasteiger partial charge < -0.3 is 9.47 Å². The van der Waals surface area contributed by atoms with Crippen LogP contribution in [0.3, 0.4) is 0 Å². The van der Waals surface area contributed by atoms with Crippen LogP contribution in [0.4, 0.5) is 0 Å². The van der Waals surface area contributed by atoms with E-state index in [-0.39, 0.29) is 0 Å². The van der Waals surface area contributed by atoms with Gasteiger partial charge in [0.2, 0.25) is 0 Å². The molecular formula is C36H23BrO2. The van der Waals surface area contributed by atoms with Crippen molar-refractivity contribution >= 4 is 15.9 Å². The van der Waals surface area contributed by atoms with Crippen LogP contribution in [-0.4, -0.2) is 0 Å². The summed E-state index contributed by atoms with van der Waals surface area (Å²) < 4.78 is 13.3. The van der Waals surface area contributed by atoms with Crippen LogP contribution < -0.4 is 9.47 Å². The largest absolute Gasteiger partial charge is 0.456 e. The molecule has 0 amide bonds. The van der Waals surface area contributed by atoms with Gasteiger partial charge in [-0.15, -0.1) is 0 Å². The van der Waals surface area contributed by atoms with Crippen molar-refractivity contribution in [2.24, 2.45) is 0 Å². The molecule has 2 aliphatic rings. The lowest BCUT2D eigenvalue weighted by molar-refractivity contribution is 0.487. The summed E-state index contributed by atoms with van der Waals surface area (Å²) >= 11 is 3.55. The molecule has 186 valence electrons. The topological polar surface area (TPSA) is 18.5 Å². The zero-order valence-corrected chi connectivity index (χ0v) is 22.6. The zero-order valence-electron chi connectivity index (χ0n) is 21.0. The van der Waals surface area contributed by atoms with Crippen LogP contribution in [-0.2, 0) is 0 Å². The zero-order chi connectivity index (χ0) is 26.2.